The summed E-state index contributed by atoms with van der Waals surface area (Å²) in [7, 11) is 0. The third kappa shape index (κ3) is 2.84. The SMILES string of the molecule is CCCC(C#N)=C(Cl)c1csc(Br)c1. The highest BCUT2D eigenvalue weighted by atomic mass is 79.9. The number of hydrogen-bond acceptors (Lipinski definition) is 2. The topological polar surface area (TPSA) is 23.8 Å². The van der Waals surface area contributed by atoms with Gasteiger partial charge in [0.15, 0.2) is 0 Å². The summed E-state index contributed by atoms with van der Waals surface area (Å²) in [5.41, 5.74) is 1.59. The standard InChI is InChI=1S/C10H9BrClNS/c1-2-3-7(5-13)10(12)8-4-9(11)14-6-8/h4,6H,2-3H2,1H3. The van der Waals surface area contributed by atoms with E-state index >= 15 is 0 Å². The van der Waals surface area contributed by atoms with Crippen LogP contribution in [0.25, 0.3) is 5.03 Å². The van der Waals surface area contributed by atoms with Gasteiger partial charge in [0, 0.05) is 16.5 Å². The number of thiophene rings is 1. The van der Waals surface area contributed by atoms with Crippen molar-refractivity contribution in [2.24, 2.45) is 0 Å². The second-order valence-electron chi connectivity index (χ2n) is 2.79. The van der Waals surface area contributed by atoms with Crippen LogP contribution in [0.4, 0.5) is 0 Å². The van der Waals surface area contributed by atoms with Gasteiger partial charge in [-0.25, -0.2) is 0 Å². The molecule has 1 heterocycles. The highest BCUT2D eigenvalue weighted by molar-refractivity contribution is 9.11. The Bertz CT molecular complexity index is 389. The van der Waals surface area contributed by atoms with Gasteiger partial charge in [0.1, 0.15) is 0 Å². The first kappa shape index (κ1) is 11.8. The van der Waals surface area contributed by atoms with E-state index in [1.165, 1.54) is 0 Å². The number of rotatable bonds is 3. The van der Waals surface area contributed by atoms with Crippen LogP contribution in [0.15, 0.2) is 20.8 Å². The zero-order chi connectivity index (χ0) is 10.6. The first-order valence-electron chi connectivity index (χ1n) is 4.22. The molecule has 0 atom stereocenters. The van der Waals surface area contributed by atoms with Crippen molar-refractivity contribution in [3.05, 3.63) is 26.4 Å². The van der Waals surface area contributed by atoms with Crippen LogP contribution in [0.2, 0.25) is 0 Å². The van der Waals surface area contributed by atoms with E-state index in [0.29, 0.717) is 10.6 Å². The number of allylic oxidation sites excluding steroid dienone is 1. The van der Waals surface area contributed by atoms with Crippen molar-refractivity contribution in [1.29, 1.82) is 5.26 Å². The van der Waals surface area contributed by atoms with Gasteiger partial charge < -0.3 is 0 Å². The normalized spacial score (nSPS) is 12.1. The quantitative estimate of drug-likeness (QED) is 0.735. The minimum Gasteiger partial charge on any atom is -0.193 e. The van der Waals surface area contributed by atoms with Gasteiger partial charge in [-0.15, -0.1) is 11.3 Å². The average molecular weight is 291 g/mol. The van der Waals surface area contributed by atoms with Gasteiger partial charge in [-0.3, -0.25) is 0 Å². The predicted octanol–water partition coefficient (Wildman–Crippen LogP) is 4.78. The molecule has 0 radical (unpaired) electrons. The van der Waals surface area contributed by atoms with Crippen LogP contribution in [0.5, 0.6) is 0 Å². The summed E-state index contributed by atoms with van der Waals surface area (Å²) in [6, 6.07) is 4.08. The van der Waals surface area contributed by atoms with Crippen molar-refractivity contribution in [3.8, 4) is 6.07 Å². The summed E-state index contributed by atoms with van der Waals surface area (Å²) < 4.78 is 1.03. The van der Waals surface area contributed by atoms with Gasteiger partial charge in [0.05, 0.1) is 14.9 Å². The zero-order valence-corrected chi connectivity index (χ0v) is 10.8. The summed E-state index contributed by atoms with van der Waals surface area (Å²) >= 11 is 11.0. The Hall–Kier alpha value is -0.300. The monoisotopic (exact) mass is 289 g/mol. The second kappa shape index (κ2) is 5.55. The number of nitrogens with zero attached hydrogens (tertiary/aromatic N) is 1. The molecule has 0 unspecified atom stereocenters. The lowest BCUT2D eigenvalue weighted by Crippen LogP contribution is -1.82. The minimum atomic E-state index is 0.580. The molecular weight excluding hydrogens is 282 g/mol. The van der Waals surface area contributed by atoms with Crippen LogP contribution in [-0.2, 0) is 0 Å². The highest BCUT2D eigenvalue weighted by Gasteiger charge is 2.07. The Morgan fingerprint density at radius 1 is 1.71 bits per heavy atom. The molecule has 4 heteroatoms. The van der Waals surface area contributed by atoms with Gasteiger partial charge in [-0.2, -0.15) is 5.26 Å². The van der Waals surface area contributed by atoms with Gasteiger partial charge in [-0.1, -0.05) is 24.9 Å². The Morgan fingerprint density at radius 3 is 2.86 bits per heavy atom. The van der Waals surface area contributed by atoms with E-state index in [0.717, 1.165) is 22.2 Å². The maximum Gasteiger partial charge on any atom is 0.0962 e. The van der Waals surface area contributed by atoms with Crippen molar-refractivity contribution in [3.63, 3.8) is 0 Å². The lowest BCUT2D eigenvalue weighted by molar-refractivity contribution is 0.933. The van der Waals surface area contributed by atoms with E-state index in [9.17, 15) is 0 Å². The highest BCUT2D eigenvalue weighted by Crippen LogP contribution is 2.31. The van der Waals surface area contributed by atoms with Crippen molar-refractivity contribution in [1.82, 2.24) is 0 Å². The molecule has 0 saturated heterocycles. The molecule has 1 aromatic heterocycles. The van der Waals surface area contributed by atoms with Gasteiger partial charge >= 0.3 is 0 Å². The van der Waals surface area contributed by atoms with Crippen molar-refractivity contribution < 1.29 is 0 Å². The first-order valence-corrected chi connectivity index (χ1v) is 6.27. The summed E-state index contributed by atoms with van der Waals surface area (Å²) in [5, 5.41) is 11.4. The van der Waals surface area contributed by atoms with Crippen LogP contribution in [0.3, 0.4) is 0 Å². The molecule has 0 bridgehead atoms. The molecule has 0 N–H and O–H groups in total. The first-order chi connectivity index (χ1) is 6.69. The maximum atomic E-state index is 8.90. The van der Waals surface area contributed by atoms with Gasteiger partial charge in [0.2, 0.25) is 0 Å². The number of halogens is 2. The van der Waals surface area contributed by atoms with Gasteiger partial charge in [0.25, 0.3) is 0 Å². The van der Waals surface area contributed by atoms with E-state index in [1.807, 2.05) is 18.4 Å². The van der Waals surface area contributed by atoms with Crippen LogP contribution in [0, 0.1) is 11.3 Å². The van der Waals surface area contributed by atoms with E-state index in [-0.39, 0.29) is 0 Å². The molecule has 1 aromatic rings. The molecule has 0 amide bonds. The lowest BCUT2D eigenvalue weighted by atomic mass is 10.1. The third-order valence-corrected chi connectivity index (χ3v) is 3.67. The van der Waals surface area contributed by atoms with E-state index < -0.39 is 0 Å². The summed E-state index contributed by atoms with van der Waals surface area (Å²) in [6.07, 6.45) is 1.67. The molecule has 0 aliphatic carbocycles. The Kier molecular flexibility index (Phi) is 4.67. The zero-order valence-electron chi connectivity index (χ0n) is 7.68. The van der Waals surface area contributed by atoms with Crippen LogP contribution in [0.1, 0.15) is 25.3 Å². The molecule has 0 aliphatic rings. The minimum absolute atomic E-state index is 0.580. The molecule has 0 aliphatic heterocycles. The molecule has 0 saturated carbocycles. The molecule has 74 valence electrons. The molecule has 0 spiro atoms. The lowest BCUT2D eigenvalue weighted by Gasteiger charge is -1.99. The molecule has 0 fully saturated rings. The largest absolute Gasteiger partial charge is 0.193 e. The van der Waals surface area contributed by atoms with Crippen LogP contribution < -0.4 is 0 Å². The smallest absolute Gasteiger partial charge is 0.0962 e. The van der Waals surface area contributed by atoms with Gasteiger partial charge in [-0.05, 0) is 28.4 Å². The Labute approximate surface area is 101 Å². The summed E-state index contributed by atoms with van der Waals surface area (Å²) in [4.78, 5) is 0. The summed E-state index contributed by atoms with van der Waals surface area (Å²) in [6.45, 7) is 2.03. The van der Waals surface area contributed by atoms with Crippen molar-refractivity contribution >= 4 is 43.9 Å². The van der Waals surface area contributed by atoms with E-state index in [4.69, 9.17) is 16.9 Å². The van der Waals surface area contributed by atoms with Crippen LogP contribution >= 0.6 is 38.9 Å². The fraction of sp³-hybridized carbons (Fsp3) is 0.300. The molecular formula is C10H9BrClNS. The Morgan fingerprint density at radius 2 is 2.43 bits per heavy atom. The number of hydrogen-bond donors (Lipinski definition) is 0. The molecule has 1 nitrogen and oxygen atoms in total. The summed E-state index contributed by atoms with van der Waals surface area (Å²) in [5.74, 6) is 0. The van der Waals surface area contributed by atoms with E-state index in [2.05, 4.69) is 22.0 Å². The molecule has 0 aromatic carbocycles. The predicted molar refractivity (Wildman–Crippen MR) is 65.3 cm³/mol. The fourth-order valence-corrected chi connectivity index (χ4v) is 2.52. The average Bonchev–Trinajstić information content (AvgIpc) is 2.60. The maximum absolute atomic E-state index is 8.90. The van der Waals surface area contributed by atoms with Crippen LogP contribution in [-0.4, -0.2) is 0 Å². The second-order valence-corrected chi connectivity index (χ2v) is 5.46. The molecule has 1 rings (SSSR count). The van der Waals surface area contributed by atoms with Crippen molar-refractivity contribution in [2.75, 3.05) is 0 Å². The molecule has 14 heavy (non-hydrogen) atoms. The third-order valence-electron chi connectivity index (χ3n) is 1.72. The van der Waals surface area contributed by atoms with E-state index in [1.54, 1.807) is 11.3 Å². The fourth-order valence-electron chi connectivity index (χ4n) is 1.06. The van der Waals surface area contributed by atoms with Crippen molar-refractivity contribution in [2.45, 2.75) is 19.8 Å². The number of nitriles is 1. The Balaban J connectivity index is 3.02.